The number of aliphatic imine (C=N–C) groups is 1. The Bertz CT molecular complexity index is 795. The van der Waals surface area contributed by atoms with E-state index in [0.29, 0.717) is 12.0 Å². The van der Waals surface area contributed by atoms with Crippen LogP contribution in [0.25, 0.3) is 0 Å². The second kappa shape index (κ2) is 12.5. The molecule has 0 amide bonds. The van der Waals surface area contributed by atoms with Crippen molar-refractivity contribution in [1.82, 2.24) is 20.5 Å². The zero-order chi connectivity index (χ0) is 20.6. The zero-order valence-electron chi connectivity index (χ0n) is 18.4. The molecule has 0 bridgehead atoms. The molecule has 0 saturated carbocycles. The quantitative estimate of drug-likeness (QED) is 0.316. The molecule has 30 heavy (non-hydrogen) atoms. The average Bonchev–Trinajstić information content (AvgIpc) is 3.15. The van der Waals surface area contributed by atoms with Crippen molar-refractivity contribution in [3.05, 3.63) is 45.9 Å². The molecule has 1 saturated heterocycles. The van der Waals surface area contributed by atoms with Crippen LogP contribution >= 0.6 is 35.3 Å². The van der Waals surface area contributed by atoms with Crippen LogP contribution in [0.5, 0.6) is 5.75 Å². The second-order valence-corrected chi connectivity index (χ2v) is 8.65. The highest BCUT2D eigenvalue weighted by molar-refractivity contribution is 14.0. The van der Waals surface area contributed by atoms with E-state index in [4.69, 9.17) is 4.74 Å². The van der Waals surface area contributed by atoms with Crippen LogP contribution in [-0.4, -0.2) is 56.7 Å². The summed E-state index contributed by atoms with van der Waals surface area (Å²) in [5, 5.41) is 10.2. The second-order valence-electron chi connectivity index (χ2n) is 7.59. The first-order valence-electron chi connectivity index (χ1n) is 10.3. The summed E-state index contributed by atoms with van der Waals surface area (Å²) in [4.78, 5) is 11.4. The third-order valence-electron chi connectivity index (χ3n) is 5.56. The summed E-state index contributed by atoms with van der Waals surface area (Å²) in [5.74, 6) is 2.29. The number of methoxy groups -OCH3 is 1. The molecule has 2 aromatic rings. The summed E-state index contributed by atoms with van der Waals surface area (Å²) in [6.45, 7) is 4.90. The summed E-state index contributed by atoms with van der Waals surface area (Å²) >= 11 is 1.70. The molecule has 3 rings (SSSR count). The van der Waals surface area contributed by atoms with Crippen LogP contribution in [0.3, 0.4) is 0 Å². The van der Waals surface area contributed by atoms with Gasteiger partial charge in [-0.1, -0.05) is 12.1 Å². The Kier molecular flexibility index (Phi) is 10.3. The van der Waals surface area contributed by atoms with E-state index < -0.39 is 0 Å². The van der Waals surface area contributed by atoms with Crippen molar-refractivity contribution in [3.8, 4) is 5.75 Å². The van der Waals surface area contributed by atoms with Crippen LogP contribution < -0.4 is 15.4 Å². The lowest BCUT2D eigenvalue weighted by molar-refractivity contribution is 0.122. The number of benzene rings is 1. The van der Waals surface area contributed by atoms with Crippen molar-refractivity contribution in [2.75, 3.05) is 40.8 Å². The Morgan fingerprint density at radius 1 is 1.30 bits per heavy atom. The van der Waals surface area contributed by atoms with Crippen LogP contribution in [-0.2, 0) is 6.42 Å². The number of guanidine groups is 1. The van der Waals surface area contributed by atoms with Crippen molar-refractivity contribution < 1.29 is 4.74 Å². The van der Waals surface area contributed by atoms with Gasteiger partial charge in [-0.05, 0) is 57.0 Å². The van der Waals surface area contributed by atoms with E-state index in [-0.39, 0.29) is 24.0 Å². The molecule has 2 unspecified atom stereocenters. The molecule has 1 aliphatic heterocycles. The lowest BCUT2D eigenvalue weighted by Crippen LogP contribution is -2.45. The summed E-state index contributed by atoms with van der Waals surface area (Å²) in [6.07, 6.45) is 3.35. The predicted octanol–water partition coefficient (Wildman–Crippen LogP) is 3.87. The normalized spacial score (nSPS) is 19.8. The standard InChI is InChI=1S/C22H33N5OS.HI/c1-16-26-19(15-29-16)11-12-24-22(23-2)25-14-18-6-5-13-27(3)21(18)17-7-9-20(28-4)10-8-17;/h7-10,15,18,21H,5-6,11-14H2,1-4H3,(H2,23,24,25);1H. The van der Waals surface area contributed by atoms with Crippen LogP contribution in [0.15, 0.2) is 34.6 Å². The molecule has 1 aromatic carbocycles. The Labute approximate surface area is 201 Å². The fourth-order valence-electron chi connectivity index (χ4n) is 4.08. The lowest BCUT2D eigenvalue weighted by atomic mass is 9.85. The average molecular weight is 544 g/mol. The first-order valence-corrected chi connectivity index (χ1v) is 11.2. The van der Waals surface area contributed by atoms with Gasteiger partial charge in [-0.3, -0.25) is 9.89 Å². The largest absolute Gasteiger partial charge is 0.497 e. The Morgan fingerprint density at radius 2 is 2.07 bits per heavy atom. The molecule has 2 heterocycles. The van der Waals surface area contributed by atoms with E-state index in [2.05, 4.69) is 62.2 Å². The minimum atomic E-state index is 0. The number of aromatic nitrogens is 1. The third-order valence-corrected chi connectivity index (χ3v) is 6.38. The van der Waals surface area contributed by atoms with Crippen molar-refractivity contribution in [3.63, 3.8) is 0 Å². The van der Waals surface area contributed by atoms with Crippen LogP contribution in [0, 0.1) is 12.8 Å². The molecule has 1 aromatic heterocycles. The number of rotatable bonds is 7. The number of aryl methyl sites for hydroxylation is 1. The van der Waals surface area contributed by atoms with Gasteiger partial charge in [0.2, 0.25) is 0 Å². The highest BCUT2D eigenvalue weighted by Gasteiger charge is 2.30. The van der Waals surface area contributed by atoms with Crippen LogP contribution in [0.4, 0.5) is 0 Å². The monoisotopic (exact) mass is 543 g/mol. The molecule has 2 atom stereocenters. The van der Waals surface area contributed by atoms with Gasteiger partial charge in [0.05, 0.1) is 17.8 Å². The molecule has 6 nitrogen and oxygen atoms in total. The number of piperidine rings is 1. The van der Waals surface area contributed by atoms with E-state index in [1.807, 2.05) is 14.0 Å². The molecule has 1 aliphatic rings. The maximum absolute atomic E-state index is 5.32. The summed E-state index contributed by atoms with van der Waals surface area (Å²) in [7, 11) is 5.77. The Balaban J connectivity index is 0.00000320. The van der Waals surface area contributed by atoms with Gasteiger partial charge in [0.15, 0.2) is 5.96 Å². The lowest BCUT2D eigenvalue weighted by Gasteiger charge is -2.40. The van der Waals surface area contributed by atoms with E-state index in [1.54, 1.807) is 18.4 Å². The van der Waals surface area contributed by atoms with Crippen molar-refractivity contribution in [2.24, 2.45) is 10.9 Å². The number of halogens is 1. The molecule has 0 radical (unpaired) electrons. The van der Waals surface area contributed by atoms with E-state index in [1.165, 1.54) is 18.4 Å². The van der Waals surface area contributed by atoms with Gasteiger partial charge in [-0.15, -0.1) is 35.3 Å². The molecule has 0 spiro atoms. The van der Waals surface area contributed by atoms with Gasteiger partial charge in [-0.25, -0.2) is 4.98 Å². The molecule has 2 N–H and O–H groups in total. The van der Waals surface area contributed by atoms with Gasteiger partial charge < -0.3 is 15.4 Å². The van der Waals surface area contributed by atoms with Crippen molar-refractivity contribution >= 4 is 41.3 Å². The molecule has 1 fully saturated rings. The number of hydrogen-bond donors (Lipinski definition) is 2. The molecule has 0 aliphatic carbocycles. The Morgan fingerprint density at radius 3 is 2.70 bits per heavy atom. The van der Waals surface area contributed by atoms with E-state index in [9.17, 15) is 0 Å². The molecule has 8 heteroatoms. The third kappa shape index (κ3) is 6.81. The Hall–Kier alpha value is -1.39. The van der Waals surface area contributed by atoms with Crippen molar-refractivity contribution in [1.29, 1.82) is 0 Å². The smallest absolute Gasteiger partial charge is 0.190 e. The number of ether oxygens (including phenoxy) is 1. The van der Waals surface area contributed by atoms with Gasteiger partial charge in [0.25, 0.3) is 0 Å². The zero-order valence-corrected chi connectivity index (χ0v) is 21.5. The topological polar surface area (TPSA) is 61.8 Å². The summed E-state index contributed by atoms with van der Waals surface area (Å²) < 4.78 is 5.32. The van der Waals surface area contributed by atoms with Crippen molar-refractivity contribution in [2.45, 2.75) is 32.2 Å². The first kappa shape index (κ1) is 24.9. The summed E-state index contributed by atoms with van der Waals surface area (Å²) in [5.41, 5.74) is 2.49. The maximum Gasteiger partial charge on any atom is 0.190 e. The molecule has 166 valence electrons. The molecular formula is C22H34IN5OS. The van der Waals surface area contributed by atoms with Crippen LogP contribution in [0.2, 0.25) is 0 Å². The van der Waals surface area contributed by atoms with Gasteiger partial charge >= 0.3 is 0 Å². The number of likely N-dealkylation sites (tertiary alicyclic amines) is 1. The number of thiazole rings is 1. The van der Waals surface area contributed by atoms with E-state index in [0.717, 1.165) is 48.5 Å². The van der Waals surface area contributed by atoms with Gasteiger partial charge in [0, 0.05) is 38.0 Å². The van der Waals surface area contributed by atoms with Crippen LogP contribution in [0.1, 0.15) is 35.1 Å². The fraction of sp³-hybridized carbons (Fsp3) is 0.545. The van der Waals surface area contributed by atoms with Gasteiger partial charge in [-0.2, -0.15) is 0 Å². The number of hydrogen-bond acceptors (Lipinski definition) is 5. The first-order chi connectivity index (χ1) is 14.1. The number of nitrogens with one attached hydrogen (secondary N) is 2. The number of nitrogens with zero attached hydrogens (tertiary/aromatic N) is 3. The SMILES string of the molecule is CN=C(NCCc1csc(C)n1)NCC1CCCN(C)C1c1ccc(OC)cc1.I. The summed E-state index contributed by atoms with van der Waals surface area (Å²) in [6, 6.07) is 8.91. The minimum absolute atomic E-state index is 0. The molecular weight excluding hydrogens is 509 g/mol. The van der Waals surface area contributed by atoms with E-state index >= 15 is 0 Å². The van der Waals surface area contributed by atoms with Gasteiger partial charge in [0.1, 0.15) is 5.75 Å². The minimum Gasteiger partial charge on any atom is -0.497 e. The highest BCUT2D eigenvalue weighted by atomic mass is 127. The maximum atomic E-state index is 5.32. The fourth-order valence-corrected chi connectivity index (χ4v) is 4.73. The highest BCUT2D eigenvalue weighted by Crippen LogP contribution is 2.35. The predicted molar refractivity (Wildman–Crippen MR) is 136 cm³/mol.